The van der Waals surface area contributed by atoms with Crippen LogP contribution in [0.25, 0.3) is 5.57 Å². The van der Waals surface area contributed by atoms with E-state index in [0.717, 1.165) is 0 Å². The molecule has 0 amide bonds. The smallest absolute Gasteiger partial charge is 0.341 e. The third-order valence-electron chi connectivity index (χ3n) is 3.08. The van der Waals surface area contributed by atoms with Gasteiger partial charge in [-0.25, -0.2) is 14.8 Å². The molecule has 0 aliphatic heterocycles. The van der Waals surface area contributed by atoms with Crippen molar-refractivity contribution >= 4 is 11.5 Å². The van der Waals surface area contributed by atoms with Crippen LogP contribution in [0.15, 0.2) is 42.9 Å². The molecule has 1 heterocycles. The van der Waals surface area contributed by atoms with Crippen molar-refractivity contribution in [2.75, 3.05) is 14.2 Å². The van der Waals surface area contributed by atoms with Crippen LogP contribution in [0.5, 0.6) is 5.88 Å². The second-order valence-electron chi connectivity index (χ2n) is 4.53. The lowest BCUT2D eigenvalue weighted by atomic mass is 10.0. The van der Waals surface area contributed by atoms with Gasteiger partial charge in [-0.15, -0.1) is 0 Å². The number of hydrogen-bond donors (Lipinski definition) is 0. The first-order chi connectivity index (χ1) is 11.7. The molecule has 122 valence electrons. The molecule has 2 aromatic rings. The Morgan fingerprint density at radius 2 is 2.00 bits per heavy atom. The molecule has 0 N–H and O–H groups in total. The van der Waals surface area contributed by atoms with E-state index in [0.29, 0.717) is 11.1 Å². The van der Waals surface area contributed by atoms with Crippen LogP contribution >= 0.6 is 0 Å². The predicted octanol–water partition coefficient (Wildman–Crippen LogP) is 2.09. The fourth-order valence-electron chi connectivity index (χ4n) is 2.01. The minimum absolute atomic E-state index is 0.0932. The molecular formula is C17H15N3O4. The average molecular weight is 325 g/mol. The van der Waals surface area contributed by atoms with Crippen LogP contribution in [0.2, 0.25) is 0 Å². The maximum atomic E-state index is 12.0. The molecule has 1 aromatic heterocycles. The van der Waals surface area contributed by atoms with Gasteiger partial charge in [0, 0.05) is 12.4 Å². The quantitative estimate of drug-likeness (QED) is 0.456. The van der Waals surface area contributed by atoms with Gasteiger partial charge in [0.1, 0.15) is 18.2 Å². The average Bonchev–Trinajstić information content (AvgIpc) is 2.64. The summed E-state index contributed by atoms with van der Waals surface area (Å²) in [7, 11) is 2.74. The summed E-state index contributed by atoms with van der Waals surface area (Å²) in [5.74, 6) is -0.397. The summed E-state index contributed by atoms with van der Waals surface area (Å²) in [6.45, 7) is 0.0988. The summed E-state index contributed by atoms with van der Waals surface area (Å²) in [6, 6.07) is 9.06. The zero-order chi connectivity index (χ0) is 17.4. The van der Waals surface area contributed by atoms with Gasteiger partial charge < -0.3 is 14.2 Å². The first-order valence-electron chi connectivity index (χ1n) is 6.94. The van der Waals surface area contributed by atoms with Crippen LogP contribution in [0.4, 0.5) is 0 Å². The van der Waals surface area contributed by atoms with Gasteiger partial charge >= 0.3 is 5.97 Å². The summed E-state index contributed by atoms with van der Waals surface area (Å²) in [4.78, 5) is 19.8. The molecular weight excluding hydrogens is 310 g/mol. The van der Waals surface area contributed by atoms with E-state index in [-0.39, 0.29) is 23.8 Å². The molecule has 7 nitrogen and oxygen atoms in total. The molecule has 0 saturated carbocycles. The molecule has 7 heteroatoms. The minimum Gasteiger partial charge on any atom is -0.503 e. The Kier molecular flexibility index (Phi) is 5.86. The highest BCUT2D eigenvalue weighted by Gasteiger charge is 2.17. The number of methoxy groups -OCH3 is 2. The molecule has 0 aliphatic carbocycles. The van der Waals surface area contributed by atoms with Gasteiger partial charge in [-0.1, -0.05) is 24.3 Å². The van der Waals surface area contributed by atoms with Crippen LogP contribution < -0.4 is 4.74 Å². The van der Waals surface area contributed by atoms with Crippen molar-refractivity contribution in [1.29, 1.82) is 5.26 Å². The Balaban J connectivity index is 2.31. The number of nitriles is 1. The molecule has 2 rings (SSSR count). The maximum Gasteiger partial charge on any atom is 0.341 e. The molecule has 0 unspecified atom stereocenters. The predicted molar refractivity (Wildman–Crippen MR) is 84.5 cm³/mol. The lowest BCUT2D eigenvalue weighted by Gasteiger charge is -2.12. The van der Waals surface area contributed by atoms with E-state index in [1.165, 1.54) is 32.9 Å². The van der Waals surface area contributed by atoms with Crippen LogP contribution in [0, 0.1) is 11.3 Å². The Labute approximate surface area is 139 Å². The van der Waals surface area contributed by atoms with Crippen molar-refractivity contribution < 1.29 is 19.0 Å². The van der Waals surface area contributed by atoms with E-state index in [4.69, 9.17) is 19.5 Å². The van der Waals surface area contributed by atoms with Gasteiger partial charge in [0.15, 0.2) is 0 Å². The zero-order valence-electron chi connectivity index (χ0n) is 13.2. The number of benzene rings is 1. The van der Waals surface area contributed by atoms with E-state index >= 15 is 0 Å². The van der Waals surface area contributed by atoms with Crippen LogP contribution in [0.3, 0.4) is 0 Å². The maximum absolute atomic E-state index is 12.0. The summed E-state index contributed by atoms with van der Waals surface area (Å²) < 4.78 is 15.3. The van der Waals surface area contributed by atoms with Crippen molar-refractivity contribution in [3.05, 3.63) is 59.7 Å². The van der Waals surface area contributed by atoms with Crippen molar-refractivity contribution in [1.82, 2.24) is 9.97 Å². The number of rotatable bonds is 6. The summed E-state index contributed by atoms with van der Waals surface area (Å²) >= 11 is 0. The van der Waals surface area contributed by atoms with Crippen molar-refractivity contribution in [2.45, 2.75) is 6.61 Å². The molecule has 24 heavy (non-hydrogen) atoms. The minimum atomic E-state index is -0.526. The number of aromatic nitrogens is 2. The summed E-state index contributed by atoms with van der Waals surface area (Å²) in [6.07, 6.45) is 4.16. The molecule has 0 bridgehead atoms. The fraction of sp³-hybridized carbons (Fsp3) is 0.176. The number of esters is 1. The monoisotopic (exact) mass is 325 g/mol. The van der Waals surface area contributed by atoms with Gasteiger partial charge in [-0.05, 0) is 11.1 Å². The van der Waals surface area contributed by atoms with Gasteiger partial charge in [-0.3, -0.25) is 0 Å². The van der Waals surface area contributed by atoms with Crippen molar-refractivity contribution in [3.63, 3.8) is 0 Å². The van der Waals surface area contributed by atoms with Crippen molar-refractivity contribution in [2.24, 2.45) is 0 Å². The van der Waals surface area contributed by atoms with Crippen LogP contribution in [-0.4, -0.2) is 30.2 Å². The molecule has 0 spiro atoms. The Morgan fingerprint density at radius 1 is 1.25 bits per heavy atom. The van der Waals surface area contributed by atoms with Crippen molar-refractivity contribution in [3.8, 4) is 11.9 Å². The van der Waals surface area contributed by atoms with E-state index in [1.54, 1.807) is 18.2 Å². The highest BCUT2D eigenvalue weighted by Crippen LogP contribution is 2.22. The topological polar surface area (TPSA) is 94.3 Å². The molecule has 0 fully saturated rings. The third kappa shape index (κ3) is 3.87. The van der Waals surface area contributed by atoms with E-state index in [1.807, 2.05) is 12.1 Å². The summed E-state index contributed by atoms with van der Waals surface area (Å²) in [5, 5.41) is 9.01. The summed E-state index contributed by atoms with van der Waals surface area (Å²) in [5.41, 5.74) is 1.67. The molecule has 0 aliphatic rings. The second kappa shape index (κ2) is 8.29. The number of carbonyl (C=O) groups is 1. The highest BCUT2D eigenvalue weighted by atomic mass is 16.5. The van der Waals surface area contributed by atoms with Gasteiger partial charge in [0.2, 0.25) is 5.69 Å². The van der Waals surface area contributed by atoms with Gasteiger partial charge in [0.25, 0.3) is 5.88 Å². The largest absolute Gasteiger partial charge is 0.503 e. The lowest BCUT2D eigenvalue weighted by Crippen LogP contribution is -2.09. The number of ether oxygens (including phenoxy) is 3. The van der Waals surface area contributed by atoms with E-state index in [9.17, 15) is 4.79 Å². The Morgan fingerprint density at radius 3 is 2.71 bits per heavy atom. The Bertz CT molecular complexity index is 796. The normalized spacial score (nSPS) is 10.6. The zero-order valence-corrected chi connectivity index (χ0v) is 13.2. The molecule has 0 atom stereocenters. The number of nitrogens with zero attached hydrogens (tertiary/aromatic N) is 3. The molecule has 0 saturated heterocycles. The first kappa shape index (κ1) is 17.0. The van der Waals surface area contributed by atoms with Crippen LogP contribution in [0.1, 0.15) is 16.8 Å². The SMILES string of the molecule is CO/C=C(/C(=O)OC)c1ccccc1COc1nccnc1C#N. The van der Waals surface area contributed by atoms with Crippen LogP contribution in [-0.2, 0) is 20.9 Å². The standard InChI is InChI=1S/C17H15N3O4/c1-22-11-14(17(21)23-2)13-6-4-3-5-12(13)10-24-16-15(9-18)19-7-8-20-16/h3-8,11H,10H2,1-2H3/b14-11+. The van der Waals surface area contributed by atoms with Gasteiger partial charge in [-0.2, -0.15) is 5.26 Å². The first-order valence-corrected chi connectivity index (χ1v) is 6.94. The van der Waals surface area contributed by atoms with Gasteiger partial charge in [0.05, 0.1) is 20.5 Å². The van der Waals surface area contributed by atoms with E-state index in [2.05, 4.69) is 9.97 Å². The lowest BCUT2D eigenvalue weighted by molar-refractivity contribution is -0.133. The Hall–Kier alpha value is -3.40. The van der Waals surface area contributed by atoms with E-state index < -0.39 is 5.97 Å². The second-order valence-corrected chi connectivity index (χ2v) is 4.53. The molecule has 1 aromatic carbocycles. The number of hydrogen-bond acceptors (Lipinski definition) is 7. The fourth-order valence-corrected chi connectivity index (χ4v) is 2.01. The number of carbonyl (C=O) groups excluding carboxylic acids is 1. The highest BCUT2D eigenvalue weighted by molar-refractivity contribution is 6.16. The third-order valence-corrected chi connectivity index (χ3v) is 3.08. The molecule has 0 radical (unpaired) electrons.